The van der Waals surface area contributed by atoms with Gasteiger partial charge in [0.05, 0.1) is 5.56 Å². The van der Waals surface area contributed by atoms with Gasteiger partial charge in [-0.05, 0) is 30.3 Å². The molecular weight excluding hydrogens is 258 g/mol. The van der Waals surface area contributed by atoms with Gasteiger partial charge in [-0.2, -0.15) is 0 Å². The van der Waals surface area contributed by atoms with Crippen LogP contribution >= 0.6 is 0 Å². The third kappa shape index (κ3) is 3.49. The van der Waals surface area contributed by atoms with Gasteiger partial charge in [0.25, 0.3) is 0 Å². The van der Waals surface area contributed by atoms with E-state index in [1.165, 1.54) is 18.2 Å². The molecule has 20 heavy (non-hydrogen) atoms. The van der Waals surface area contributed by atoms with Crippen molar-refractivity contribution < 1.29 is 14.7 Å². The maximum atomic E-state index is 11.8. The van der Waals surface area contributed by atoms with Crippen molar-refractivity contribution in [2.75, 3.05) is 16.4 Å². The molecular formula is C14H13N3O3. The Hall–Kier alpha value is -3.02. The summed E-state index contributed by atoms with van der Waals surface area (Å²) in [6, 6.07) is 12.6. The van der Waals surface area contributed by atoms with Crippen LogP contribution in [0.25, 0.3) is 0 Å². The van der Waals surface area contributed by atoms with Crippen LogP contribution in [-0.4, -0.2) is 17.1 Å². The van der Waals surface area contributed by atoms with Gasteiger partial charge in [-0.1, -0.05) is 18.2 Å². The number of rotatable bonds is 3. The van der Waals surface area contributed by atoms with E-state index in [1.807, 2.05) is 6.07 Å². The molecule has 0 aromatic heterocycles. The molecule has 5 N–H and O–H groups in total. The van der Waals surface area contributed by atoms with E-state index in [4.69, 9.17) is 10.8 Å². The molecule has 102 valence electrons. The average Bonchev–Trinajstić information content (AvgIpc) is 2.38. The third-order valence-electron chi connectivity index (χ3n) is 2.49. The number of carboxylic acids is 1. The zero-order valence-electron chi connectivity index (χ0n) is 10.5. The van der Waals surface area contributed by atoms with Crippen LogP contribution in [0.4, 0.5) is 21.9 Å². The Morgan fingerprint density at radius 3 is 2.25 bits per heavy atom. The second kappa shape index (κ2) is 5.75. The van der Waals surface area contributed by atoms with E-state index in [9.17, 15) is 9.59 Å². The lowest BCUT2D eigenvalue weighted by atomic mass is 10.2. The first-order chi connectivity index (χ1) is 9.54. The van der Waals surface area contributed by atoms with Crippen molar-refractivity contribution in [3.8, 4) is 0 Å². The molecule has 2 amide bonds. The maximum absolute atomic E-state index is 11.8. The summed E-state index contributed by atoms with van der Waals surface area (Å²) in [6.45, 7) is 0. The van der Waals surface area contributed by atoms with Crippen molar-refractivity contribution >= 4 is 29.1 Å². The SMILES string of the molecule is Nc1cc(NC(=O)Nc2ccccc2)cc(C(=O)O)c1. The van der Waals surface area contributed by atoms with E-state index in [0.29, 0.717) is 11.4 Å². The van der Waals surface area contributed by atoms with Crippen molar-refractivity contribution in [1.82, 2.24) is 0 Å². The first-order valence-corrected chi connectivity index (χ1v) is 5.81. The third-order valence-corrected chi connectivity index (χ3v) is 2.49. The normalized spacial score (nSPS) is 9.80. The second-order valence-electron chi connectivity index (χ2n) is 4.09. The summed E-state index contributed by atoms with van der Waals surface area (Å²) >= 11 is 0. The van der Waals surface area contributed by atoms with Gasteiger partial charge < -0.3 is 21.5 Å². The molecule has 0 spiro atoms. The number of para-hydroxylation sites is 1. The number of amides is 2. The molecule has 0 heterocycles. The Balaban J connectivity index is 2.10. The number of carbonyl (C=O) groups excluding carboxylic acids is 1. The minimum atomic E-state index is -1.11. The topological polar surface area (TPSA) is 104 Å². The van der Waals surface area contributed by atoms with Gasteiger partial charge in [0.15, 0.2) is 0 Å². The summed E-state index contributed by atoms with van der Waals surface area (Å²) in [5.74, 6) is -1.11. The quantitative estimate of drug-likeness (QED) is 0.644. The van der Waals surface area contributed by atoms with Crippen LogP contribution < -0.4 is 16.4 Å². The summed E-state index contributed by atoms with van der Waals surface area (Å²) < 4.78 is 0. The predicted molar refractivity (Wildman–Crippen MR) is 76.9 cm³/mol. The van der Waals surface area contributed by atoms with Gasteiger partial charge in [-0.3, -0.25) is 0 Å². The standard InChI is InChI=1S/C14H13N3O3/c15-10-6-9(13(18)19)7-12(8-10)17-14(20)16-11-4-2-1-3-5-11/h1-8H,15H2,(H,18,19)(H2,16,17,20). The lowest BCUT2D eigenvalue weighted by Crippen LogP contribution is -2.19. The van der Waals surface area contributed by atoms with Gasteiger partial charge in [-0.15, -0.1) is 0 Å². The lowest BCUT2D eigenvalue weighted by Gasteiger charge is -2.09. The summed E-state index contributed by atoms with van der Waals surface area (Å²) in [5.41, 5.74) is 6.82. The Bertz CT molecular complexity index is 641. The summed E-state index contributed by atoms with van der Waals surface area (Å²) in [4.78, 5) is 22.7. The number of hydrogen-bond acceptors (Lipinski definition) is 3. The fourth-order valence-corrected chi connectivity index (χ4v) is 1.66. The van der Waals surface area contributed by atoms with E-state index in [0.717, 1.165) is 0 Å². The highest BCUT2D eigenvalue weighted by atomic mass is 16.4. The highest BCUT2D eigenvalue weighted by Gasteiger charge is 2.08. The summed E-state index contributed by atoms with van der Waals surface area (Å²) in [5, 5.41) is 14.1. The summed E-state index contributed by atoms with van der Waals surface area (Å²) in [7, 11) is 0. The zero-order chi connectivity index (χ0) is 14.5. The first-order valence-electron chi connectivity index (χ1n) is 5.81. The minimum absolute atomic E-state index is 0.0139. The smallest absolute Gasteiger partial charge is 0.335 e. The largest absolute Gasteiger partial charge is 0.478 e. The molecule has 0 atom stereocenters. The van der Waals surface area contributed by atoms with E-state index < -0.39 is 12.0 Å². The maximum Gasteiger partial charge on any atom is 0.335 e. The molecule has 6 nitrogen and oxygen atoms in total. The van der Waals surface area contributed by atoms with Crippen molar-refractivity contribution in [2.24, 2.45) is 0 Å². The highest BCUT2D eigenvalue weighted by Crippen LogP contribution is 2.17. The number of nitrogens with two attached hydrogens (primary N) is 1. The van der Waals surface area contributed by atoms with Gasteiger partial charge in [-0.25, -0.2) is 9.59 Å². The van der Waals surface area contributed by atoms with Crippen molar-refractivity contribution in [3.63, 3.8) is 0 Å². The molecule has 2 rings (SSSR count). The van der Waals surface area contributed by atoms with Gasteiger partial charge in [0, 0.05) is 17.1 Å². The van der Waals surface area contributed by atoms with E-state index in [2.05, 4.69) is 10.6 Å². The van der Waals surface area contributed by atoms with E-state index >= 15 is 0 Å². The molecule has 0 aliphatic heterocycles. The number of carboxylic acid groups (broad SMARTS) is 1. The van der Waals surface area contributed by atoms with Crippen LogP contribution in [0.2, 0.25) is 0 Å². The average molecular weight is 271 g/mol. The second-order valence-corrected chi connectivity index (χ2v) is 4.09. The Morgan fingerprint density at radius 2 is 1.60 bits per heavy atom. The number of hydrogen-bond donors (Lipinski definition) is 4. The number of carbonyl (C=O) groups is 2. The molecule has 2 aromatic rings. The lowest BCUT2D eigenvalue weighted by molar-refractivity contribution is 0.0697. The van der Waals surface area contributed by atoms with E-state index in [1.54, 1.807) is 24.3 Å². The Morgan fingerprint density at radius 1 is 0.950 bits per heavy atom. The Kier molecular flexibility index (Phi) is 3.85. The monoisotopic (exact) mass is 271 g/mol. The molecule has 0 saturated heterocycles. The van der Waals surface area contributed by atoms with Gasteiger partial charge in [0.2, 0.25) is 0 Å². The number of benzene rings is 2. The van der Waals surface area contributed by atoms with Gasteiger partial charge >= 0.3 is 12.0 Å². The minimum Gasteiger partial charge on any atom is -0.478 e. The number of nitrogens with one attached hydrogen (secondary N) is 2. The van der Waals surface area contributed by atoms with Crippen LogP contribution in [0.5, 0.6) is 0 Å². The van der Waals surface area contributed by atoms with Crippen molar-refractivity contribution in [3.05, 3.63) is 54.1 Å². The number of anilines is 3. The van der Waals surface area contributed by atoms with Crippen LogP contribution in [0.3, 0.4) is 0 Å². The molecule has 0 unspecified atom stereocenters. The number of nitrogen functional groups attached to an aromatic ring is 1. The number of aromatic carboxylic acids is 1. The van der Waals surface area contributed by atoms with Crippen molar-refractivity contribution in [1.29, 1.82) is 0 Å². The molecule has 0 bridgehead atoms. The number of urea groups is 1. The molecule has 0 aliphatic rings. The van der Waals surface area contributed by atoms with Crippen LogP contribution in [0, 0.1) is 0 Å². The molecule has 2 aromatic carbocycles. The van der Waals surface area contributed by atoms with Crippen LogP contribution in [-0.2, 0) is 0 Å². The van der Waals surface area contributed by atoms with Gasteiger partial charge in [0.1, 0.15) is 0 Å². The fraction of sp³-hybridized carbons (Fsp3) is 0. The molecule has 0 saturated carbocycles. The van der Waals surface area contributed by atoms with Crippen LogP contribution in [0.1, 0.15) is 10.4 Å². The van der Waals surface area contributed by atoms with Crippen molar-refractivity contribution in [2.45, 2.75) is 0 Å². The van der Waals surface area contributed by atoms with Crippen LogP contribution in [0.15, 0.2) is 48.5 Å². The molecule has 0 aliphatic carbocycles. The Labute approximate surface area is 115 Å². The molecule has 0 radical (unpaired) electrons. The predicted octanol–water partition coefficient (Wildman–Crippen LogP) is 2.61. The molecule has 6 heteroatoms. The van der Waals surface area contributed by atoms with E-state index in [-0.39, 0.29) is 11.3 Å². The zero-order valence-corrected chi connectivity index (χ0v) is 10.5. The summed E-state index contributed by atoms with van der Waals surface area (Å²) in [6.07, 6.45) is 0. The fourth-order valence-electron chi connectivity index (χ4n) is 1.66. The highest BCUT2D eigenvalue weighted by molar-refractivity contribution is 6.01. The first kappa shape index (κ1) is 13.4. The molecule has 0 fully saturated rings.